The summed E-state index contributed by atoms with van der Waals surface area (Å²) in [6.07, 6.45) is 1.54. The van der Waals surface area contributed by atoms with Gasteiger partial charge in [0.15, 0.2) is 5.78 Å². The minimum atomic E-state index is 0.190. The summed E-state index contributed by atoms with van der Waals surface area (Å²) in [5, 5.41) is 0. The van der Waals surface area contributed by atoms with Crippen molar-refractivity contribution >= 4 is 5.78 Å². The average Bonchev–Trinajstić information content (AvgIpc) is 2.41. The van der Waals surface area contributed by atoms with Crippen molar-refractivity contribution in [3.8, 4) is 0 Å². The number of rotatable bonds is 5. The molecule has 104 valence electrons. The number of hydrogen-bond acceptors (Lipinski definition) is 1. The second kappa shape index (κ2) is 6.51. The van der Waals surface area contributed by atoms with Crippen LogP contribution in [0.2, 0.25) is 0 Å². The summed E-state index contributed by atoms with van der Waals surface area (Å²) in [4.78, 5) is 12.3. The maximum Gasteiger partial charge on any atom is 0.167 e. The molecule has 0 bridgehead atoms. The maximum absolute atomic E-state index is 12.3. The lowest BCUT2D eigenvalue weighted by Crippen LogP contribution is -2.05. The summed E-state index contributed by atoms with van der Waals surface area (Å²) in [5.41, 5.74) is 4.40. The van der Waals surface area contributed by atoms with Crippen LogP contribution < -0.4 is 0 Å². The van der Waals surface area contributed by atoms with Crippen LogP contribution in [0, 0.1) is 12.8 Å². The van der Waals surface area contributed by atoms with E-state index < -0.39 is 0 Å². The van der Waals surface area contributed by atoms with Gasteiger partial charge in [0.2, 0.25) is 0 Å². The highest BCUT2D eigenvalue weighted by Gasteiger charge is 2.08. The minimum absolute atomic E-state index is 0.190. The molecular weight excluding hydrogens is 244 g/mol. The van der Waals surface area contributed by atoms with Crippen LogP contribution >= 0.6 is 0 Å². The van der Waals surface area contributed by atoms with Gasteiger partial charge in [0, 0.05) is 12.0 Å². The molecule has 0 fully saturated rings. The zero-order valence-corrected chi connectivity index (χ0v) is 12.5. The fourth-order valence-electron chi connectivity index (χ4n) is 2.38. The maximum atomic E-state index is 12.3. The van der Waals surface area contributed by atoms with E-state index in [0.717, 1.165) is 17.5 Å². The highest BCUT2D eigenvalue weighted by Crippen LogP contribution is 2.14. The number of benzene rings is 2. The van der Waals surface area contributed by atoms with Gasteiger partial charge in [-0.3, -0.25) is 4.79 Å². The first kappa shape index (κ1) is 14.5. The molecular formula is C19H22O. The quantitative estimate of drug-likeness (QED) is 0.722. The van der Waals surface area contributed by atoms with E-state index in [-0.39, 0.29) is 5.78 Å². The molecule has 1 heteroatoms. The molecule has 0 aliphatic heterocycles. The number of carbonyl (C=O) groups is 1. The molecule has 0 heterocycles. The third-order valence-electron chi connectivity index (χ3n) is 3.53. The molecule has 0 N–H and O–H groups in total. The van der Waals surface area contributed by atoms with Crippen LogP contribution in [0.25, 0.3) is 0 Å². The Balaban J connectivity index is 2.08. The first-order valence-corrected chi connectivity index (χ1v) is 7.23. The van der Waals surface area contributed by atoms with Gasteiger partial charge < -0.3 is 0 Å². The number of aryl methyl sites for hydroxylation is 1. The van der Waals surface area contributed by atoms with Crippen molar-refractivity contribution < 1.29 is 4.79 Å². The van der Waals surface area contributed by atoms with Crippen LogP contribution in [0.4, 0.5) is 0 Å². The lowest BCUT2D eigenvalue weighted by Gasteiger charge is -2.07. The van der Waals surface area contributed by atoms with Crippen LogP contribution in [0.5, 0.6) is 0 Å². The highest BCUT2D eigenvalue weighted by atomic mass is 16.1. The highest BCUT2D eigenvalue weighted by molar-refractivity contribution is 5.97. The van der Waals surface area contributed by atoms with Crippen molar-refractivity contribution in [2.45, 2.75) is 33.6 Å². The van der Waals surface area contributed by atoms with Crippen molar-refractivity contribution in [2.75, 3.05) is 0 Å². The van der Waals surface area contributed by atoms with Gasteiger partial charge >= 0.3 is 0 Å². The number of ketones is 1. The smallest absolute Gasteiger partial charge is 0.167 e. The summed E-state index contributed by atoms with van der Waals surface area (Å²) in [7, 11) is 0. The van der Waals surface area contributed by atoms with Gasteiger partial charge in [0.25, 0.3) is 0 Å². The van der Waals surface area contributed by atoms with Crippen molar-refractivity contribution in [2.24, 2.45) is 5.92 Å². The molecule has 0 aromatic heterocycles. The Hall–Kier alpha value is -1.89. The SMILES string of the molecule is Cc1ccccc1CC(=O)c1ccc(CC(C)C)cc1. The Labute approximate surface area is 121 Å². The second-order valence-electron chi connectivity index (χ2n) is 5.82. The second-order valence-corrected chi connectivity index (χ2v) is 5.82. The van der Waals surface area contributed by atoms with Gasteiger partial charge in [-0.1, -0.05) is 62.4 Å². The van der Waals surface area contributed by atoms with E-state index in [4.69, 9.17) is 0 Å². The number of hydrogen-bond donors (Lipinski definition) is 0. The summed E-state index contributed by atoms with van der Waals surface area (Å²) >= 11 is 0. The third kappa shape index (κ3) is 3.80. The van der Waals surface area contributed by atoms with Gasteiger partial charge in [-0.25, -0.2) is 0 Å². The van der Waals surface area contributed by atoms with Gasteiger partial charge in [-0.2, -0.15) is 0 Å². The average molecular weight is 266 g/mol. The molecule has 0 aliphatic rings. The van der Waals surface area contributed by atoms with E-state index in [9.17, 15) is 4.79 Å². The Kier molecular flexibility index (Phi) is 4.73. The lowest BCUT2D eigenvalue weighted by atomic mass is 9.97. The van der Waals surface area contributed by atoms with E-state index in [1.807, 2.05) is 43.3 Å². The number of carbonyl (C=O) groups excluding carboxylic acids is 1. The van der Waals surface area contributed by atoms with Crippen LogP contribution in [0.1, 0.15) is 40.9 Å². The first-order valence-electron chi connectivity index (χ1n) is 7.23. The van der Waals surface area contributed by atoms with Crippen LogP contribution in [0.15, 0.2) is 48.5 Å². The van der Waals surface area contributed by atoms with Crippen LogP contribution in [-0.4, -0.2) is 5.78 Å². The van der Waals surface area contributed by atoms with Crippen molar-refractivity contribution in [3.05, 3.63) is 70.8 Å². The van der Waals surface area contributed by atoms with Gasteiger partial charge in [0.1, 0.15) is 0 Å². The van der Waals surface area contributed by atoms with E-state index in [2.05, 4.69) is 26.0 Å². The van der Waals surface area contributed by atoms with Crippen molar-refractivity contribution in [3.63, 3.8) is 0 Å². The molecule has 0 aliphatic carbocycles. The molecule has 0 spiro atoms. The molecule has 20 heavy (non-hydrogen) atoms. The normalized spacial score (nSPS) is 10.8. The zero-order chi connectivity index (χ0) is 14.5. The van der Waals surface area contributed by atoms with E-state index in [0.29, 0.717) is 12.3 Å². The summed E-state index contributed by atoms with van der Waals surface area (Å²) < 4.78 is 0. The summed E-state index contributed by atoms with van der Waals surface area (Å²) in [6, 6.07) is 16.1. The number of Topliss-reactive ketones (excluding diaryl/α,β-unsaturated/α-hetero) is 1. The lowest BCUT2D eigenvalue weighted by molar-refractivity contribution is 0.0993. The monoisotopic (exact) mass is 266 g/mol. The van der Waals surface area contributed by atoms with Gasteiger partial charge in [0.05, 0.1) is 0 Å². The van der Waals surface area contributed by atoms with E-state index in [1.54, 1.807) is 0 Å². The molecule has 0 amide bonds. The predicted octanol–water partition coefficient (Wildman–Crippen LogP) is 4.62. The minimum Gasteiger partial charge on any atom is -0.294 e. The summed E-state index contributed by atoms with van der Waals surface area (Å²) in [5.74, 6) is 0.832. The molecule has 0 radical (unpaired) electrons. The van der Waals surface area contributed by atoms with Crippen molar-refractivity contribution in [1.82, 2.24) is 0 Å². The fourth-order valence-corrected chi connectivity index (χ4v) is 2.38. The fraction of sp³-hybridized carbons (Fsp3) is 0.316. The Bertz CT molecular complexity index is 579. The van der Waals surface area contributed by atoms with Crippen molar-refractivity contribution in [1.29, 1.82) is 0 Å². The van der Waals surface area contributed by atoms with Crippen LogP contribution in [-0.2, 0) is 12.8 Å². The standard InChI is InChI=1S/C19H22O/c1-14(2)12-16-8-10-17(11-9-16)19(20)13-18-7-5-4-6-15(18)3/h4-11,14H,12-13H2,1-3H3. The molecule has 0 unspecified atom stereocenters. The molecule has 0 saturated carbocycles. The van der Waals surface area contributed by atoms with Crippen LogP contribution in [0.3, 0.4) is 0 Å². The molecule has 2 rings (SSSR count). The predicted molar refractivity (Wildman–Crippen MR) is 84.2 cm³/mol. The Morgan fingerprint density at radius 3 is 2.25 bits per heavy atom. The summed E-state index contributed by atoms with van der Waals surface area (Å²) in [6.45, 7) is 6.46. The molecule has 0 saturated heterocycles. The Morgan fingerprint density at radius 1 is 1.00 bits per heavy atom. The topological polar surface area (TPSA) is 17.1 Å². The largest absolute Gasteiger partial charge is 0.294 e. The zero-order valence-electron chi connectivity index (χ0n) is 12.5. The van der Waals surface area contributed by atoms with E-state index in [1.165, 1.54) is 11.1 Å². The molecule has 1 nitrogen and oxygen atoms in total. The van der Waals surface area contributed by atoms with Gasteiger partial charge in [-0.15, -0.1) is 0 Å². The molecule has 2 aromatic rings. The molecule has 2 aromatic carbocycles. The third-order valence-corrected chi connectivity index (χ3v) is 3.53. The molecule has 0 atom stereocenters. The Morgan fingerprint density at radius 2 is 1.65 bits per heavy atom. The first-order chi connectivity index (χ1) is 9.56. The van der Waals surface area contributed by atoms with Gasteiger partial charge in [-0.05, 0) is 36.0 Å². The van der Waals surface area contributed by atoms with E-state index >= 15 is 0 Å².